The van der Waals surface area contributed by atoms with Crippen molar-refractivity contribution in [3.8, 4) is 34.6 Å². The molecule has 62 heavy (non-hydrogen) atoms. The number of nitrogens with zero attached hydrogens (tertiary/aromatic N) is 10. The van der Waals surface area contributed by atoms with Gasteiger partial charge in [0.05, 0.1) is 53.8 Å². The summed E-state index contributed by atoms with van der Waals surface area (Å²) >= 11 is 0. The SMILES string of the molecule is Cc1nn(-c2ccccc2)c([O-])c1N=Nc1cc([N+](=O)[O-])cc(S(=O)(=O)[O-])c1[O-].Cc1nn(-c2ccccc2)c([O-])c1N=Nc1cc([N+](=O)[O-])cc(S(=O)(=O)[O-])c1[O-].[Cr+3].[Na+].[Na+].[Na+]. The number of benzene rings is 4. The largest absolute Gasteiger partial charge is 3.00 e. The summed E-state index contributed by atoms with van der Waals surface area (Å²) in [7, 11) is -10.6. The van der Waals surface area contributed by atoms with Crippen LogP contribution in [0.5, 0.6) is 23.3 Å². The number of azo groups is 2. The number of rotatable bonds is 10. The Bertz CT molecular complexity index is 2690. The van der Waals surface area contributed by atoms with Gasteiger partial charge in [0.15, 0.2) is 0 Å². The van der Waals surface area contributed by atoms with Gasteiger partial charge in [0.25, 0.3) is 11.4 Å². The van der Waals surface area contributed by atoms with Crippen molar-refractivity contribution in [2.75, 3.05) is 0 Å². The first-order valence-corrected chi connectivity index (χ1v) is 18.4. The van der Waals surface area contributed by atoms with Gasteiger partial charge in [-0.1, -0.05) is 47.9 Å². The quantitative estimate of drug-likeness (QED) is 0.0406. The van der Waals surface area contributed by atoms with E-state index in [2.05, 4.69) is 30.7 Å². The summed E-state index contributed by atoms with van der Waals surface area (Å²) in [5, 5.41) is 93.5. The van der Waals surface area contributed by atoms with Gasteiger partial charge in [0, 0.05) is 36.0 Å². The molecule has 0 aliphatic rings. The molecular formula is C32H20CrN10Na3O14S2. The van der Waals surface area contributed by atoms with Gasteiger partial charge in [0.1, 0.15) is 31.6 Å². The summed E-state index contributed by atoms with van der Waals surface area (Å²) in [5.41, 5.74) is -2.56. The molecule has 0 N–H and O–H groups in total. The molecule has 0 atom stereocenters. The molecule has 0 saturated heterocycles. The van der Waals surface area contributed by atoms with Gasteiger partial charge in [-0.05, 0) is 38.1 Å². The zero-order chi connectivity index (χ0) is 42.7. The Morgan fingerprint density at radius 3 is 1.13 bits per heavy atom. The van der Waals surface area contributed by atoms with Crippen LogP contribution in [0.2, 0.25) is 0 Å². The zero-order valence-electron chi connectivity index (χ0n) is 32.5. The second-order valence-electron chi connectivity index (χ2n) is 11.4. The van der Waals surface area contributed by atoms with Crippen LogP contribution in [0.15, 0.2) is 115 Å². The summed E-state index contributed by atoms with van der Waals surface area (Å²) in [6.45, 7) is 2.91. The minimum Gasteiger partial charge on any atom is -0.870 e. The molecule has 0 bridgehead atoms. The fraction of sp³-hybridized carbons (Fsp3) is 0.0625. The van der Waals surface area contributed by atoms with Crippen molar-refractivity contribution in [1.29, 1.82) is 0 Å². The summed E-state index contributed by atoms with van der Waals surface area (Å²) in [5.74, 6) is -4.08. The summed E-state index contributed by atoms with van der Waals surface area (Å²) in [4.78, 5) is 17.3. The molecule has 0 spiro atoms. The molecule has 0 aliphatic heterocycles. The molecule has 2 aromatic heterocycles. The molecule has 2 heterocycles. The van der Waals surface area contributed by atoms with Gasteiger partial charge in [-0.3, -0.25) is 20.2 Å². The van der Waals surface area contributed by atoms with Gasteiger partial charge in [-0.2, -0.15) is 20.4 Å². The molecule has 24 nitrogen and oxygen atoms in total. The van der Waals surface area contributed by atoms with Crippen LogP contribution in [0.3, 0.4) is 0 Å². The molecule has 30 heteroatoms. The maximum atomic E-state index is 12.5. The van der Waals surface area contributed by atoms with Crippen LogP contribution in [0.25, 0.3) is 11.4 Å². The molecule has 1 radical (unpaired) electrons. The number of hydrogen-bond donors (Lipinski definition) is 0. The maximum Gasteiger partial charge on any atom is 3.00 e. The Morgan fingerprint density at radius 2 is 0.855 bits per heavy atom. The Balaban J connectivity index is 0.000000582. The monoisotopic (exact) mass is 953 g/mol. The van der Waals surface area contributed by atoms with E-state index in [1.165, 1.54) is 13.8 Å². The van der Waals surface area contributed by atoms with Gasteiger partial charge < -0.3 is 29.5 Å². The van der Waals surface area contributed by atoms with E-state index in [0.29, 0.717) is 35.6 Å². The predicted octanol–water partition coefficient (Wildman–Crippen LogP) is -5.88. The summed E-state index contributed by atoms with van der Waals surface area (Å²) < 4.78 is 69.3. The smallest absolute Gasteiger partial charge is 0.870 e. The molecule has 0 fully saturated rings. The molecule has 303 valence electrons. The third kappa shape index (κ3) is 13.0. The molecule has 6 rings (SSSR count). The standard InChI is InChI=1S/2C16H13N5O7S.Cr.3Na/c2*1-9-14(16(23)20(19-9)10-5-3-2-4-6-10)18-17-12-7-11(21(24)25)8-13(15(12)22)29(26,27)28;;;;/h2*2-8,22-23H,1H3,(H,26,27,28);;;;/q;;+3;3*+1/p-6. The Morgan fingerprint density at radius 1 is 0.548 bits per heavy atom. The van der Waals surface area contributed by atoms with Crippen molar-refractivity contribution in [3.05, 3.63) is 117 Å². The Labute approximate surface area is 426 Å². The minimum absolute atomic E-state index is 0. The van der Waals surface area contributed by atoms with E-state index in [1.54, 1.807) is 60.7 Å². The Hall–Kier alpha value is -4.15. The van der Waals surface area contributed by atoms with Crippen molar-refractivity contribution in [2.45, 2.75) is 23.6 Å². The van der Waals surface area contributed by atoms with E-state index in [0.717, 1.165) is 9.36 Å². The van der Waals surface area contributed by atoms with Crippen molar-refractivity contribution in [2.24, 2.45) is 20.5 Å². The second kappa shape index (κ2) is 23.0. The zero-order valence-corrected chi connectivity index (χ0v) is 41.4. The van der Waals surface area contributed by atoms with Crippen LogP contribution >= 0.6 is 0 Å². The average Bonchev–Trinajstić information content (AvgIpc) is 3.61. The molecule has 0 unspecified atom stereocenters. The first-order valence-electron chi connectivity index (χ1n) is 15.6. The predicted molar refractivity (Wildman–Crippen MR) is 185 cm³/mol. The number of hydrogen-bond acceptors (Lipinski definition) is 20. The molecule has 0 saturated carbocycles. The Kier molecular flexibility index (Phi) is 20.7. The van der Waals surface area contributed by atoms with Crippen LogP contribution in [0.1, 0.15) is 11.4 Å². The molecule has 4 aromatic carbocycles. The van der Waals surface area contributed by atoms with Crippen LogP contribution in [-0.4, -0.2) is 55.3 Å². The number of aryl methyl sites for hydroxylation is 2. The van der Waals surface area contributed by atoms with E-state index in [1.807, 2.05) is 0 Å². The van der Waals surface area contributed by atoms with Crippen molar-refractivity contribution in [1.82, 2.24) is 19.6 Å². The van der Waals surface area contributed by atoms with E-state index in [4.69, 9.17) is 0 Å². The molecule has 0 aliphatic carbocycles. The minimum atomic E-state index is -5.29. The third-order valence-corrected chi connectivity index (χ3v) is 9.18. The number of nitro benzene ring substituents is 2. The van der Waals surface area contributed by atoms with Crippen LogP contribution in [0.4, 0.5) is 34.1 Å². The average molecular weight is 954 g/mol. The van der Waals surface area contributed by atoms with E-state index in [-0.39, 0.29) is 129 Å². The number of aromatic nitrogens is 4. The van der Waals surface area contributed by atoms with Crippen molar-refractivity contribution < 1.29 is 162 Å². The van der Waals surface area contributed by atoms with Gasteiger partial charge in [-0.15, -0.1) is 10.2 Å². The summed E-state index contributed by atoms with van der Waals surface area (Å²) in [6, 6.07) is 18.7. The first-order chi connectivity index (χ1) is 27.2. The second-order valence-corrected chi connectivity index (χ2v) is 14.1. The van der Waals surface area contributed by atoms with Gasteiger partial charge >= 0.3 is 106 Å². The van der Waals surface area contributed by atoms with Crippen molar-refractivity contribution in [3.63, 3.8) is 0 Å². The number of para-hydroxylation sites is 2. The normalized spacial score (nSPS) is 11.0. The fourth-order valence-electron chi connectivity index (χ4n) is 4.80. The molecule has 0 amide bonds. The summed E-state index contributed by atoms with van der Waals surface area (Å²) in [6.07, 6.45) is 0. The maximum absolute atomic E-state index is 12.5. The topological polar surface area (TPSA) is 378 Å². The van der Waals surface area contributed by atoms with Crippen LogP contribution in [0, 0.1) is 34.1 Å². The van der Waals surface area contributed by atoms with E-state index < -0.39 is 85.9 Å². The van der Waals surface area contributed by atoms with E-state index in [9.17, 15) is 66.6 Å². The first kappa shape index (κ1) is 55.9. The van der Waals surface area contributed by atoms with Gasteiger partial charge in [-0.25, -0.2) is 26.2 Å². The molecular weight excluding hydrogens is 934 g/mol. The van der Waals surface area contributed by atoms with Crippen LogP contribution in [-0.2, 0) is 37.6 Å². The van der Waals surface area contributed by atoms with Crippen LogP contribution < -0.4 is 109 Å². The number of non-ortho nitro benzene ring substituents is 2. The number of nitro groups is 2. The molecule has 6 aromatic rings. The fourth-order valence-corrected chi connectivity index (χ4v) is 5.99. The van der Waals surface area contributed by atoms with E-state index >= 15 is 0 Å². The van der Waals surface area contributed by atoms with Crippen molar-refractivity contribution >= 4 is 54.4 Å². The third-order valence-electron chi connectivity index (χ3n) is 7.49. The van der Waals surface area contributed by atoms with Gasteiger partial charge in [0.2, 0.25) is 0 Å².